The average molecular weight is 636 g/mol. The third-order valence-electron chi connectivity index (χ3n) is 11.1. The molecule has 4 aliphatic heterocycles. The van der Waals surface area contributed by atoms with Gasteiger partial charge in [0.1, 0.15) is 6.61 Å². The highest BCUT2D eigenvalue weighted by atomic mass is 17.3. The maximum Gasteiger partial charge on any atom is 0.420 e. The number of Topliss-reactive ketones (excluding diaryl/α,β-unsaturated/α-hetero) is 1. The predicted octanol–water partition coefficient (Wildman–Crippen LogP) is 6.42. The molecule has 248 valence electrons. The van der Waals surface area contributed by atoms with Gasteiger partial charge < -0.3 is 23.7 Å². The van der Waals surface area contributed by atoms with Crippen LogP contribution in [0.2, 0.25) is 0 Å². The van der Waals surface area contributed by atoms with E-state index < -0.39 is 23.4 Å². The Morgan fingerprint density at radius 2 is 1.91 bits per heavy atom. The number of fused-ring (bicyclic) bond motifs is 3. The molecule has 10 nitrogen and oxygen atoms in total. The molecular weight excluding hydrogens is 590 g/mol. The number of ether oxygens (including phenoxy) is 3. The molecule has 8 rings (SSSR count). The standard InChI is InChI=1S/C36H45NO9/c1-21-9-13-31-28(17-21)37(34(40)43-31)19-24-11-14-32(29(39)18-24)41-20-25(38)7-5-6-8-30-23(3)27-12-10-22(2)26-15-16-35(4)44-33(42-30)36(26,27)46-45-35/h9,11,13-14,17-18,22-23,26-27,30,33,39H,5-8,10,12,15-16,19-20H2,1-4H3/t22-,23-,26+,27+,30?,33-,35-,36-/m1/s1. The molecule has 5 aliphatic rings. The summed E-state index contributed by atoms with van der Waals surface area (Å²) >= 11 is 0. The van der Waals surface area contributed by atoms with E-state index >= 15 is 0 Å². The van der Waals surface area contributed by atoms with Gasteiger partial charge in [0, 0.05) is 18.8 Å². The van der Waals surface area contributed by atoms with Gasteiger partial charge in [-0.15, -0.1) is 0 Å². The van der Waals surface area contributed by atoms with E-state index in [2.05, 4.69) is 13.8 Å². The molecule has 3 aromatic rings. The Morgan fingerprint density at radius 1 is 1.07 bits per heavy atom. The summed E-state index contributed by atoms with van der Waals surface area (Å²) in [5.74, 6) is 0.358. The summed E-state index contributed by atoms with van der Waals surface area (Å²) in [5.41, 5.74) is 2.39. The Bertz CT molecular complexity index is 1660. The molecule has 1 aliphatic carbocycles. The average Bonchev–Trinajstić information content (AvgIpc) is 3.14. The van der Waals surface area contributed by atoms with Crippen molar-refractivity contribution < 1.29 is 38.3 Å². The third-order valence-corrected chi connectivity index (χ3v) is 11.1. The van der Waals surface area contributed by atoms with Crippen molar-refractivity contribution in [3.8, 4) is 11.5 Å². The molecule has 1 N–H and O–H groups in total. The first-order chi connectivity index (χ1) is 22.1. The number of nitrogens with zero attached hydrogens (tertiary/aromatic N) is 1. The minimum atomic E-state index is -0.781. The Kier molecular flexibility index (Phi) is 8.28. The highest BCUT2D eigenvalue weighted by Gasteiger charge is 2.69. The van der Waals surface area contributed by atoms with Crippen LogP contribution >= 0.6 is 0 Å². The van der Waals surface area contributed by atoms with Crippen molar-refractivity contribution in [3.05, 3.63) is 58.1 Å². The van der Waals surface area contributed by atoms with Gasteiger partial charge in [-0.2, -0.15) is 0 Å². The van der Waals surface area contributed by atoms with Crippen LogP contribution in [0.25, 0.3) is 11.1 Å². The summed E-state index contributed by atoms with van der Waals surface area (Å²) in [6.07, 6.45) is 6.46. The summed E-state index contributed by atoms with van der Waals surface area (Å²) < 4.78 is 25.7. The fraction of sp³-hybridized carbons (Fsp3) is 0.611. The number of aryl methyl sites for hydroxylation is 1. The number of aromatic nitrogens is 1. The van der Waals surface area contributed by atoms with Gasteiger partial charge in [0.05, 0.1) is 18.2 Å². The summed E-state index contributed by atoms with van der Waals surface area (Å²) in [6.45, 7) is 8.60. The van der Waals surface area contributed by atoms with E-state index in [0.717, 1.165) is 44.1 Å². The molecule has 0 radical (unpaired) electrons. The quantitative estimate of drug-likeness (QED) is 0.199. The van der Waals surface area contributed by atoms with Crippen molar-refractivity contribution >= 4 is 16.9 Å². The van der Waals surface area contributed by atoms with Crippen LogP contribution in [0.4, 0.5) is 0 Å². The van der Waals surface area contributed by atoms with E-state index in [4.69, 9.17) is 28.4 Å². The molecule has 2 aromatic carbocycles. The van der Waals surface area contributed by atoms with Gasteiger partial charge >= 0.3 is 5.76 Å². The Labute approximate surface area is 268 Å². The zero-order chi connectivity index (χ0) is 32.2. The van der Waals surface area contributed by atoms with Crippen molar-refractivity contribution in [1.29, 1.82) is 0 Å². The second kappa shape index (κ2) is 12.1. The minimum absolute atomic E-state index is 0.0289. The van der Waals surface area contributed by atoms with E-state index in [-0.39, 0.29) is 36.5 Å². The van der Waals surface area contributed by atoms with E-state index in [1.165, 1.54) is 11.0 Å². The molecular formula is C36H45NO9. The van der Waals surface area contributed by atoms with Gasteiger partial charge in [-0.05, 0) is 99.1 Å². The van der Waals surface area contributed by atoms with Crippen LogP contribution in [0.5, 0.6) is 11.5 Å². The van der Waals surface area contributed by atoms with Crippen molar-refractivity contribution in [2.75, 3.05) is 6.61 Å². The Hall–Kier alpha value is -3.18. The predicted molar refractivity (Wildman–Crippen MR) is 168 cm³/mol. The number of oxazole rings is 1. The second-order valence-electron chi connectivity index (χ2n) is 14.2. The van der Waals surface area contributed by atoms with E-state index in [1.54, 1.807) is 24.3 Å². The number of aromatic hydroxyl groups is 1. The van der Waals surface area contributed by atoms with Crippen LogP contribution in [0.1, 0.15) is 83.3 Å². The first kappa shape index (κ1) is 31.4. The lowest BCUT2D eigenvalue weighted by Crippen LogP contribution is -2.70. The number of unbranched alkanes of at least 4 members (excludes halogenated alkanes) is 1. The van der Waals surface area contributed by atoms with Crippen molar-refractivity contribution in [3.63, 3.8) is 0 Å². The molecule has 1 saturated carbocycles. The first-order valence-corrected chi connectivity index (χ1v) is 16.8. The smallest absolute Gasteiger partial charge is 0.420 e. The molecule has 2 bridgehead atoms. The monoisotopic (exact) mass is 635 g/mol. The number of benzene rings is 2. The molecule has 5 fully saturated rings. The summed E-state index contributed by atoms with van der Waals surface area (Å²) in [6, 6.07) is 10.5. The number of phenolic OH excluding ortho intramolecular Hbond substituents is 1. The van der Waals surface area contributed by atoms with Crippen LogP contribution in [-0.4, -0.2) is 45.8 Å². The van der Waals surface area contributed by atoms with E-state index in [1.807, 2.05) is 26.0 Å². The summed E-state index contributed by atoms with van der Waals surface area (Å²) in [7, 11) is 0. The molecule has 4 saturated heterocycles. The minimum Gasteiger partial charge on any atom is -0.504 e. The van der Waals surface area contributed by atoms with E-state index in [9.17, 15) is 14.7 Å². The Balaban J connectivity index is 0.900. The number of hydrogen-bond acceptors (Lipinski definition) is 9. The van der Waals surface area contributed by atoms with Gasteiger partial charge in [-0.25, -0.2) is 14.6 Å². The van der Waals surface area contributed by atoms with Crippen LogP contribution in [-0.2, 0) is 30.6 Å². The van der Waals surface area contributed by atoms with Crippen molar-refractivity contribution in [2.45, 2.75) is 109 Å². The maximum atomic E-state index is 12.7. The second-order valence-corrected chi connectivity index (χ2v) is 14.2. The number of hydrogen-bond donors (Lipinski definition) is 1. The van der Waals surface area contributed by atoms with Gasteiger partial charge in [0.2, 0.25) is 5.79 Å². The summed E-state index contributed by atoms with van der Waals surface area (Å²) in [4.78, 5) is 37.3. The Morgan fingerprint density at radius 3 is 2.74 bits per heavy atom. The molecule has 10 heteroatoms. The van der Waals surface area contributed by atoms with Gasteiger partial charge in [0.15, 0.2) is 34.8 Å². The van der Waals surface area contributed by atoms with Crippen LogP contribution in [0.15, 0.2) is 45.6 Å². The molecule has 1 spiro atoms. The largest absolute Gasteiger partial charge is 0.504 e. The van der Waals surface area contributed by atoms with Crippen LogP contribution in [0, 0.1) is 30.6 Å². The highest BCUT2D eigenvalue weighted by molar-refractivity contribution is 5.80. The number of phenols is 1. The molecule has 1 aromatic heterocycles. The summed E-state index contributed by atoms with van der Waals surface area (Å²) in [5, 5.41) is 10.6. The number of carbonyl (C=O) groups is 1. The first-order valence-electron chi connectivity index (χ1n) is 16.8. The normalized spacial score (nSPS) is 33.5. The topological polar surface area (TPSA) is 119 Å². The third kappa shape index (κ3) is 5.57. The molecule has 46 heavy (non-hydrogen) atoms. The number of ketones is 1. The fourth-order valence-corrected chi connectivity index (χ4v) is 8.49. The lowest BCUT2D eigenvalue weighted by atomic mass is 9.57. The number of carbonyl (C=O) groups excluding carboxylic acids is 1. The van der Waals surface area contributed by atoms with Gasteiger partial charge in [0.25, 0.3) is 0 Å². The molecule has 1 unspecified atom stereocenters. The number of rotatable bonds is 10. The molecule has 8 atom stereocenters. The molecule has 5 heterocycles. The van der Waals surface area contributed by atoms with E-state index in [0.29, 0.717) is 46.8 Å². The zero-order valence-corrected chi connectivity index (χ0v) is 27.2. The van der Waals surface area contributed by atoms with Crippen LogP contribution in [0.3, 0.4) is 0 Å². The maximum absolute atomic E-state index is 12.7. The lowest BCUT2D eigenvalue weighted by Gasteiger charge is -2.60. The van der Waals surface area contributed by atoms with Gasteiger partial charge in [-0.3, -0.25) is 9.36 Å². The lowest BCUT2D eigenvalue weighted by molar-refractivity contribution is -0.571. The fourth-order valence-electron chi connectivity index (χ4n) is 8.49. The highest BCUT2D eigenvalue weighted by Crippen LogP contribution is 2.60. The van der Waals surface area contributed by atoms with Crippen molar-refractivity contribution in [1.82, 2.24) is 4.57 Å². The van der Waals surface area contributed by atoms with Gasteiger partial charge in [-0.1, -0.05) is 32.4 Å². The molecule has 0 amide bonds. The zero-order valence-electron chi connectivity index (χ0n) is 27.2. The van der Waals surface area contributed by atoms with Crippen LogP contribution < -0.4 is 10.5 Å². The SMILES string of the molecule is Cc1ccc2oc(=O)n(Cc3ccc(OCC(=O)CCCCC4O[C@@H]5O[C@@]6(C)CC[C@H]7[C@H](C)CC[C@@H]([C@H]4C)[C@@]57OO6)c(O)c3)c2c1. The van der Waals surface area contributed by atoms with Crippen molar-refractivity contribution in [2.24, 2.45) is 23.7 Å².